The minimum atomic E-state index is -2.26. The number of nitrogens with one attached hydrogen (secondary N) is 1. The fraction of sp³-hybridized carbons (Fsp3) is 0.552. The molecule has 2 aromatic carbocycles. The van der Waals surface area contributed by atoms with Crippen molar-refractivity contribution in [3.63, 3.8) is 0 Å². The first-order valence-corrected chi connectivity index (χ1v) is 29.0. The Morgan fingerprint density at radius 3 is 2.38 bits per heavy atom. The van der Waals surface area contributed by atoms with Crippen LogP contribution in [0.3, 0.4) is 0 Å². The van der Waals surface area contributed by atoms with E-state index in [0.29, 0.717) is 39.6 Å². The van der Waals surface area contributed by atoms with Crippen LogP contribution in [0.5, 0.6) is 28.7 Å². The number of hydrogen-bond acceptors (Lipinski definition) is 16. The summed E-state index contributed by atoms with van der Waals surface area (Å²) in [5, 5.41) is 28.0. The van der Waals surface area contributed by atoms with Crippen molar-refractivity contribution in [2.24, 2.45) is 5.41 Å². The molecule has 19 heteroatoms. The SMILES string of the molecule is CC[Si](CC)(O[C@H]1C[C@H](O[C@@H]2COC(=O)C[C@@H](NC(=O)c3cc4c(OC)c(OC)c(OC(C)C)cc4cc3OC(=O)C(C)(C)C)c3ccc(c(Cl)n3)O[C@H]3C=C4C#C[C@]2(O)CC#C/C=C\4[C@@H]3O)O[C@@H](C)[C@H]1N(C)C)C(C)C. The van der Waals surface area contributed by atoms with E-state index in [-0.39, 0.29) is 70.2 Å². The first-order valence-electron chi connectivity index (χ1n) is 26.3. The van der Waals surface area contributed by atoms with E-state index < -0.39 is 80.9 Å². The third-order valence-corrected chi connectivity index (χ3v) is 20.1. The number of allylic oxidation sites excluding steroid dienone is 1. The van der Waals surface area contributed by atoms with Crippen LogP contribution in [0.4, 0.5) is 0 Å². The lowest BCUT2D eigenvalue weighted by Crippen LogP contribution is -2.60. The zero-order valence-corrected chi connectivity index (χ0v) is 48.4. The molecule has 4 heterocycles. The van der Waals surface area contributed by atoms with Gasteiger partial charge in [0.25, 0.3) is 5.91 Å². The molecular weight excluding hydrogens is 1030 g/mol. The standard InChI is InChI=1S/C58H74ClN3O14Si/c1-15-77(16-2,33(5)6)76-44-30-49(72-34(7)50(44)62(11)12)75-47-31-70-48(63)29-41(40-20-21-42(54(59)60-40)73-45-25-35-22-24-58(47,67)23-18-17-19-37(35)51(45)64)61-55(65)39-28-38-36(26-43(39)74-56(66)57(8,9)10)27-46(71-32(3)4)53(69-14)52(38)68-13/h19-21,25-28,32-34,41,44-45,47,49-51,64,67H,15-16,23,29-31H2,1-14H3,(H,61,65)/b37-19+/t34-,41+,44-,45-,47+,49-,50+,51-,58+/m0/s1. The van der Waals surface area contributed by atoms with Gasteiger partial charge in [-0.25, -0.2) is 4.98 Å². The molecular formula is C58H74ClN3O14Si. The molecule has 5 aliphatic rings. The highest BCUT2D eigenvalue weighted by molar-refractivity contribution is 6.75. The molecule has 8 rings (SSSR count). The van der Waals surface area contributed by atoms with E-state index in [4.69, 9.17) is 53.9 Å². The summed E-state index contributed by atoms with van der Waals surface area (Å²) in [4.78, 5) is 49.7. The molecule has 416 valence electrons. The monoisotopic (exact) mass is 1100 g/mol. The predicted molar refractivity (Wildman–Crippen MR) is 293 cm³/mol. The minimum absolute atomic E-state index is 0.0730. The molecule has 9 atom stereocenters. The Balaban J connectivity index is 1.29. The van der Waals surface area contributed by atoms with Crippen molar-refractivity contribution in [3.05, 3.63) is 70.0 Å². The number of nitrogens with zero attached hydrogens (tertiary/aromatic N) is 2. The second kappa shape index (κ2) is 24.1. The van der Waals surface area contributed by atoms with Gasteiger partial charge in [-0.2, -0.15) is 0 Å². The third kappa shape index (κ3) is 12.9. The number of fused-ring (bicyclic) bond motifs is 8. The summed E-state index contributed by atoms with van der Waals surface area (Å²) in [6, 6.07) is 8.20. The van der Waals surface area contributed by atoms with Gasteiger partial charge in [0.1, 0.15) is 30.7 Å². The normalized spacial score (nSPS) is 26.2. The van der Waals surface area contributed by atoms with Crippen molar-refractivity contribution in [3.8, 4) is 52.4 Å². The first-order chi connectivity index (χ1) is 36.3. The molecule has 0 spiro atoms. The third-order valence-electron chi connectivity index (χ3n) is 14.6. The van der Waals surface area contributed by atoms with Crippen molar-refractivity contribution in [1.82, 2.24) is 15.2 Å². The molecule has 3 N–H and O–H groups in total. The lowest BCUT2D eigenvalue weighted by molar-refractivity contribution is -0.267. The number of methoxy groups -OCH3 is 2. The summed E-state index contributed by atoms with van der Waals surface area (Å²) in [6.45, 7) is 19.0. The second-order valence-corrected chi connectivity index (χ2v) is 27.1. The van der Waals surface area contributed by atoms with Crippen LogP contribution in [-0.4, -0.2) is 136 Å². The Kier molecular flexibility index (Phi) is 18.5. The molecule has 0 radical (unpaired) electrons. The molecule has 5 bridgehead atoms. The smallest absolute Gasteiger partial charge is 0.316 e. The van der Waals surface area contributed by atoms with Gasteiger partial charge < -0.3 is 62.8 Å². The number of amides is 1. The average molecular weight is 1100 g/mol. The number of carbonyl (C=O) groups is 3. The van der Waals surface area contributed by atoms with Gasteiger partial charge in [0.05, 0.1) is 74.1 Å². The van der Waals surface area contributed by atoms with Gasteiger partial charge in [0, 0.05) is 23.0 Å². The van der Waals surface area contributed by atoms with Gasteiger partial charge in [-0.3, -0.25) is 14.4 Å². The maximum absolute atomic E-state index is 15.0. The number of esters is 2. The Morgan fingerprint density at radius 1 is 1.05 bits per heavy atom. The fourth-order valence-corrected chi connectivity index (χ4v) is 14.0. The number of aromatic nitrogens is 1. The van der Waals surface area contributed by atoms with Crippen LogP contribution in [-0.2, 0) is 28.2 Å². The van der Waals surface area contributed by atoms with Gasteiger partial charge in [-0.05, 0) is 121 Å². The minimum Gasteiger partial charge on any atom is -0.492 e. The summed E-state index contributed by atoms with van der Waals surface area (Å²) in [7, 11) is 4.65. The van der Waals surface area contributed by atoms with Gasteiger partial charge in [0.2, 0.25) is 5.75 Å². The molecule has 1 fully saturated rings. The lowest BCUT2D eigenvalue weighted by Gasteiger charge is -2.48. The van der Waals surface area contributed by atoms with E-state index in [1.54, 1.807) is 32.9 Å². The number of benzene rings is 2. The number of aliphatic hydroxyl groups is 2. The highest BCUT2D eigenvalue weighted by Gasteiger charge is 2.48. The highest BCUT2D eigenvalue weighted by atomic mass is 35.5. The quantitative estimate of drug-likeness (QED) is 0.0430. The average Bonchev–Trinajstić information content (AvgIpc) is 3.71. The van der Waals surface area contributed by atoms with Crippen molar-refractivity contribution >= 4 is 48.5 Å². The number of hydrogen-bond donors (Lipinski definition) is 3. The largest absolute Gasteiger partial charge is 0.492 e. The summed E-state index contributed by atoms with van der Waals surface area (Å²) >= 11 is 6.83. The van der Waals surface area contributed by atoms with Crippen LogP contribution in [0.2, 0.25) is 22.8 Å². The molecule has 1 saturated heterocycles. The number of pyridine rings is 1. The van der Waals surface area contributed by atoms with Crippen molar-refractivity contribution in [1.29, 1.82) is 0 Å². The van der Waals surface area contributed by atoms with Gasteiger partial charge in [-0.1, -0.05) is 63.0 Å². The lowest BCUT2D eigenvalue weighted by atomic mass is 9.92. The first kappa shape index (κ1) is 59.0. The Labute approximate surface area is 458 Å². The van der Waals surface area contributed by atoms with Crippen LogP contribution in [0.15, 0.2) is 53.6 Å². The zero-order chi connectivity index (χ0) is 56.3. The second-order valence-electron chi connectivity index (χ2n) is 21.8. The number of halogens is 1. The number of rotatable bonds is 15. The molecule has 3 aliphatic heterocycles. The van der Waals surface area contributed by atoms with Gasteiger partial charge in [0.15, 0.2) is 42.6 Å². The van der Waals surface area contributed by atoms with Crippen molar-refractivity contribution < 1.29 is 66.9 Å². The van der Waals surface area contributed by atoms with Gasteiger partial charge >= 0.3 is 11.9 Å². The molecule has 1 amide bonds. The predicted octanol–water partition coefficient (Wildman–Crippen LogP) is 8.41. The maximum atomic E-state index is 15.0. The van der Waals surface area contributed by atoms with Crippen LogP contribution in [0.1, 0.15) is 111 Å². The molecule has 2 aliphatic carbocycles. The molecule has 0 unspecified atom stereocenters. The Hall–Kier alpha value is -5.67. The van der Waals surface area contributed by atoms with Crippen LogP contribution in [0, 0.1) is 29.1 Å². The number of carbonyl (C=O) groups excluding carboxylic acids is 3. The topological polar surface area (TPSA) is 203 Å². The summed E-state index contributed by atoms with van der Waals surface area (Å²) < 4.78 is 56.6. The van der Waals surface area contributed by atoms with E-state index in [0.717, 1.165) is 12.1 Å². The zero-order valence-electron chi connectivity index (χ0n) is 46.6. The van der Waals surface area contributed by atoms with Crippen LogP contribution >= 0.6 is 11.6 Å². The Bertz CT molecular complexity index is 2910. The van der Waals surface area contributed by atoms with E-state index in [1.165, 1.54) is 44.6 Å². The number of ether oxygens (including phenoxy) is 8. The Morgan fingerprint density at radius 2 is 1.75 bits per heavy atom. The van der Waals surface area contributed by atoms with E-state index in [2.05, 4.69) is 66.6 Å². The van der Waals surface area contributed by atoms with Crippen molar-refractivity contribution in [2.45, 2.75) is 167 Å². The van der Waals surface area contributed by atoms with E-state index in [1.807, 2.05) is 34.9 Å². The molecule has 0 saturated carbocycles. The number of likely N-dealkylation sites (N-methyl/N-ethyl adjacent to an activating group) is 1. The maximum Gasteiger partial charge on any atom is 0.316 e. The molecule has 17 nitrogen and oxygen atoms in total. The summed E-state index contributed by atoms with van der Waals surface area (Å²) in [6.07, 6.45) is -2.85. The number of aliphatic hydroxyl groups excluding tert-OH is 1. The summed E-state index contributed by atoms with van der Waals surface area (Å²) in [5.74, 6) is 10.6. The highest BCUT2D eigenvalue weighted by Crippen LogP contribution is 2.46. The molecule has 3 aromatic rings. The molecule has 77 heavy (non-hydrogen) atoms. The van der Waals surface area contributed by atoms with Gasteiger partial charge in [-0.15, -0.1) is 0 Å². The fourth-order valence-electron chi connectivity index (χ4n) is 10.2. The van der Waals surface area contributed by atoms with Crippen LogP contribution in [0.25, 0.3) is 10.8 Å². The van der Waals surface area contributed by atoms with E-state index >= 15 is 0 Å². The summed E-state index contributed by atoms with van der Waals surface area (Å²) in [5.41, 5.74) is -2.00. The van der Waals surface area contributed by atoms with E-state index in [9.17, 15) is 24.6 Å². The van der Waals surface area contributed by atoms with Crippen molar-refractivity contribution in [2.75, 3.05) is 34.9 Å². The molecule has 1 aromatic heterocycles. The van der Waals surface area contributed by atoms with Crippen LogP contribution < -0.4 is 29.0 Å².